The molecule has 0 saturated heterocycles. The van der Waals surface area contributed by atoms with Gasteiger partial charge in [-0.3, -0.25) is 4.79 Å². The Labute approximate surface area is 145 Å². The molecule has 1 heterocycles. The van der Waals surface area contributed by atoms with Gasteiger partial charge in [-0.05, 0) is 36.2 Å². The number of carbonyl (C=O) groups excluding carboxylic acids is 1. The lowest BCUT2D eigenvalue weighted by molar-refractivity contribution is 0.0955. The quantitative estimate of drug-likeness (QED) is 0.710. The van der Waals surface area contributed by atoms with Crippen molar-refractivity contribution >= 4 is 28.8 Å². The summed E-state index contributed by atoms with van der Waals surface area (Å²) in [5, 5.41) is 2.87. The number of unbranched alkanes of at least 4 members (excludes halogenated alkanes) is 1. The first kappa shape index (κ1) is 17.6. The molecule has 0 aliphatic carbocycles. The van der Waals surface area contributed by atoms with Crippen LogP contribution in [0, 0.1) is 0 Å². The van der Waals surface area contributed by atoms with Crippen LogP contribution >= 0.6 is 22.9 Å². The fraction of sp³-hybridized carbons (Fsp3) is 0.353. The van der Waals surface area contributed by atoms with Gasteiger partial charge in [0.05, 0.1) is 22.9 Å². The third-order valence-electron chi connectivity index (χ3n) is 3.23. The topological polar surface area (TPSA) is 47.6 Å². The standard InChI is InChI=1S/C17H20ClNO3S/c1-3-4-9-22-13-6-5-12(10-14(13)21-2)11-19-17(20)15-7-8-16(18)23-15/h5-8,10H,3-4,9,11H2,1-2H3,(H,19,20). The number of nitrogens with one attached hydrogen (secondary N) is 1. The number of rotatable bonds is 8. The molecule has 23 heavy (non-hydrogen) atoms. The van der Waals surface area contributed by atoms with Gasteiger partial charge in [0, 0.05) is 6.54 Å². The van der Waals surface area contributed by atoms with Crippen molar-refractivity contribution < 1.29 is 14.3 Å². The number of hydrogen-bond donors (Lipinski definition) is 1. The van der Waals surface area contributed by atoms with Crippen molar-refractivity contribution in [2.75, 3.05) is 13.7 Å². The molecular weight excluding hydrogens is 334 g/mol. The Morgan fingerprint density at radius 3 is 2.74 bits per heavy atom. The number of methoxy groups -OCH3 is 1. The minimum absolute atomic E-state index is 0.135. The molecule has 6 heteroatoms. The van der Waals surface area contributed by atoms with Crippen LogP contribution in [-0.4, -0.2) is 19.6 Å². The average Bonchev–Trinajstić information content (AvgIpc) is 3.00. The van der Waals surface area contributed by atoms with Crippen LogP contribution in [0.15, 0.2) is 30.3 Å². The van der Waals surface area contributed by atoms with Gasteiger partial charge >= 0.3 is 0 Å². The van der Waals surface area contributed by atoms with Crippen LogP contribution < -0.4 is 14.8 Å². The lowest BCUT2D eigenvalue weighted by atomic mass is 10.2. The zero-order chi connectivity index (χ0) is 16.7. The van der Waals surface area contributed by atoms with Crippen molar-refractivity contribution in [3.05, 3.63) is 45.1 Å². The molecule has 0 atom stereocenters. The molecule has 0 fully saturated rings. The molecule has 0 bridgehead atoms. The summed E-state index contributed by atoms with van der Waals surface area (Å²) < 4.78 is 11.7. The lowest BCUT2D eigenvalue weighted by Crippen LogP contribution is -2.21. The predicted octanol–water partition coefficient (Wildman–Crippen LogP) is 4.52. The van der Waals surface area contributed by atoms with Gasteiger partial charge in [-0.1, -0.05) is 31.0 Å². The Morgan fingerprint density at radius 1 is 1.26 bits per heavy atom. The van der Waals surface area contributed by atoms with Gasteiger partial charge in [-0.2, -0.15) is 0 Å². The van der Waals surface area contributed by atoms with Crippen LogP contribution in [0.5, 0.6) is 11.5 Å². The third-order valence-corrected chi connectivity index (χ3v) is 4.46. The fourth-order valence-electron chi connectivity index (χ4n) is 1.97. The first-order valence-electron chi connectivity index (χ1n) is 7.47. The molecule has 0 saturated carbocycles. The fourth-order valence-corrected chi connectivity index (χ4v) is 2.93. The molecule has 1 amide bonds. The van der Waals surface area contributed by atoms with E-state index in [2.05, 4.69) is 12.2 Å². The van der Waals surface area contributed by atoms with Crippen molar-refractivity contribution in [1.29, 1.82) is 0 Å². The molecule has 1 aromatic heterocycles. The minimum atomic E-state index is -0.135. The van der Waals surface area contributed by atoms with E-state index in [4.69, 9.17) is 21.1 Å². The van der Waals surface area contributed by atoms with Crippen LogP contribution in [-0.2, 0) is 6.54 Å². The molecular formula is C17H20ClNO3S. The monoisotopic (exact) mass is 353 g/mol. The molecule has 0 radical (unpaired) electrons. The third kappa shape index (κ3) is 5.15. The normalized spacial score (nSPS) is 10.4. The first-order valence-corrected chi connectivity index (χ1v) is 8.66. The summed E-state index contributed by atoms with van der Waals surface area (Å²) >= 11 is 7.10. The van der Waals surface area contributed by atoms with Crippen LogP contribution in [0.1, 0.15) is 35.0 Å². The maximum Gasteiger partial charge on any atom is 0.261 e. The van der Waals surface area contributed by atoms with E-state index in [0.29, 0.717) is 28.1 Å². The Morgan fingerprint density at radius 2 is 2.09 bits per heavy atom. The summed E-state index contributed by atoms with van der Waals surface area (Å²) in [4.78, 5) is 12.6. The van der Waals surface area contributed by atoms with E-state index in [1.165, 1.54) is 11.3 Å². The second-order valence-corrected chi connectivity index (χ2v) is 6.69. The number of thiophene rings is 1. The van der Waals surface area contributed by atoms with Gasteiger partial charge in [0.25, 0.3) is 5.91 Å². The first-order chi connectivity index (χ1) is 11.1. The predicted molar refractivity (Wildman–Crippen MR) is 93.9 cm³/mol. The number of ether oxygens (including phenoxy) is 2. The van der Waals surface area contributed by atoms with Crippen LogP contribution in [0.2, 0.25) is 4.34 Å². The number of amides is 1. The average molecular weight is 354 g/mol. The Kier molecular flexibility index (Phi) is 6.74. The Balaban J connectivity index is 1.96. The Bertz CT molecular complexity index is 657. The molecule has 0 aliphatic heterocycles. The van der Waals surface area contributed by atoms with Gasteiger partial charge in [-0.25, -0.2) is 0 Å². The maximum atomic E-state index is 12.0. The molecule has 0 unspecified atom stereocenters. The summed E-state index contributed by atoms with van der Waals surface area (Å²) in [6.07, 6.45) is 2.09. The maximum absolute atomic E-state index is 12.0. The molecule has 2 rings (SSSR count). The van der Waals surface area contributed by atoms with Crippen molar-refractivity contribution in [2.45, 2.75) is 26.3 Å². The SMILES string of the molecule is CCCCOc1ccc(CNC(=O)c2ccc(Cl)s2)cc1OC. The van der Waals surface area contributed by atoms with Gasteiger partial charge in [-0.15, -0.1) is 11.3 Å². The Hall–Kier alpha value is -1.72. The second kappa shape index (κ2) is 8.79. The summed E-state index contributed by atoms with van der Waals surface area (Å²) in [6, 6.07) is 9.10. The smallest absolute Gasteiger partial charge is 0.261 e. The van der Waals surface area contributed by atoms with Crippen molar-refractivity contribution in [3.63, 3.8) is 0 Å². The molecule has 4 nitrogen and oxygen atoms in total. The van der Waals surface area contributed by atoms with Gasteiger partial charge < -0.3 is 14.8 Å². The number of benzene rings is 1. The zero-order valence-corrected chi connectivity index (χ0v) is 14.8. The van der Waals surface area contributed by atoms with Gasteiger partial charge in [0.15, 0.2) is 11.5 Å². The van der Waals surface area contributed by atoms with Crippen molar-refractivity contribution in [3.8, 4) is 11.5 Å². The van der Waals surface area contributed by atoms with E-state index in [1.807, 2.05) is 18.2 Å². The highest BCUT2D eigenvalue weighted by molar-refractivity contribution is 7.17. The van der Waals surface area contributed by atoms with Crippen LogP contribution in [0.3, 0.4) is 0 Å². The number of carbonyl (C=O) groups is 1. The van der Waals surface area contributed by atoms with E-state index in [-0.39, 0.29) is 5.91 Å². The number of halogens is 1. The molecule has 1 aromatic carbocycles. The van der Waals surface area contributed by atoms with Crippen molar-refractivity contribution in [2.24, 2.45) is 0 Å². The minimum Gasteiger partial charge on any atom is -0.493 e. The summed E-state index contributed by atoms with van der Waals surface area (Å²) in [7, 11) is 1.61. The van der Waals surface area contributed by atoms with Crippen LogP contribution in [0.25, 0.3) is 0 Å². The second-order valence-electron chi connectivity index (χ2n) is 4.97. The van der Waals surface area contributed by atoms with Crippen molar-refractivity contribution in [1.82, 2.24) is 5.32 Å². The molecule has 124 valence electrons. The van der Waals surface area contributed by atoms with E-state index in [0.717, 1.165) is 24.2 Å². The highest BCUT2D eigenvalue weighted by atomic mass is 35.5. The van der Waals surface area contributed by atoms with Gasteiger partial charge in [0.2, 0.25) is 0 Å². The molecule has 1 N–H and O–H groups in total. The van der Waals surface area contributed by atoms with E-state index in [9.17, 15) is 4.79 Å². The van der Waals surface area contributed by atoms with E-state index in [1.54, 1.807) is 19.2 Å². The molecule has 2 aromatic rings. The number of hydrogen-bond acceptors (Lipinski definition) is 4. The molecule has 0 spiro atoms. The van der Waals surface area contributed by atoms with E-state index < -0.39 is 0 Å². The molecule has 0 aliphatic rings. The summed E-state index contributed by atoms with van der Waals surface area (Å²) in [5.74, 6) is 1.26. The zero-order valence-electron chi connectivity index (χ0n) is 13.2. The highest BCUT2D eigenvalue weighted by Crippen LogP contribution is 2.28. The highest BCUT2D eigenvalue weighted by Gasteiger charge is 2.10. The van der Waals surface area contributed by atoms with E-state index >= 15 is 0 Å². The van der Waals surface area contributed by atoms with Gasteiger partial charge in [0.1, 0.15) is 0 Å². The summed E-state index contributed by atoms with van der Waals surface area (Å²) in [5.41, 5.74) is 0.945. The summed E-state index contributed by atoms with van der Waals surface area (Å²) in [6.45, 7) is 3.20. The largest absolute Gasteiger partial charge is 0.493 e. The van der Waals surface area contributed by atoms with Crippen LogP contribution in [0.4, 0.5) is 0 Å². The lowest BCUT2D eigenvalue weighted by Gasteiger charge is -2.12.